The van der Waals surface area contributed by atoms with Crippen LogP contribution in [0.4, 0.5) is 0 Å². The summed E-state index contributed by atoms with van der Waals surface area (Å²) < 4.78 is 5.03. The maximum absolute atomic E-state index is 2.52. The van der Waals surface area contributed by atoms with E-state index < -0.39 is 14.6 Å². The number of nitrogens with zero attached hydrogens (tertiary/aromatic N) is 2. The predicted molar refractivity (Wildman–Crippen MR) is 52.8 cm³/mol. The molecule has 0 spiro atoms. The molecule has 0 aromatic carbocycles. The molecule has 0 aliphatic rings. The van der Waals surface area contributed by atoms with Gasteiger partial charge in [0.1, 0.15) is 0 Å². The maximum Gasteiger partial charge on any atom is 0.487 e. The van der Waals surface area contributed by atoms with E-state index in [0.717, 1.165) is 0 Å². The van der Waals surface area contributed by atoms with E-state index in [9.17, 15) is 0 Å². The fourth-order valence-electron chi connectivity index (χ4n) is 1.38. The van der Waals surface area contributed by atoms with Gasteiger partial charge in [-0.1, -0.05) is 26.1 Å². The molecule has 11 heavy (non-hydrogen) atoms. The SMILES string of the molecule is CC[N](C)[Al]([CH2]C)[N](C)CC. The third-order valence-electron chi connectivity index (χ3n) is 2.38. The van der Waals surface area contributed by atoms with Crippen molar-refractivity contribution < 1.29 is 0 Å². The third-order valence-corrected chi connectivity index (χ3v) is 5.88. The van der Waals surface area contributed by atoms with Crippen LogP contribution in [-0.2, 0) is 0 Å². The molecule has 0 aliphatic heterocycles. The van der Waals surface area contributed by atoms with Crippen LogP contribution in [0.15, 0.2) is 0 Å². The van der Waals surface area contributed by atoms with Gasteiger partial charge in [0, 0.05) is 0 Å². The quantitative estimate of drug-likeness (QED) is 0.578. The van der Waals surface area contributed by atoms with Crippen molar-refractivity contribution in [2.75, 3.05) is 27.2 Å². The Morgan fingerprint density at radius 2 is 1.27 bits per heavy atom. The first-order valence-electron chi connectivity index (χ1n) is 4.57. The highest BCUT2D eigenvalue weighted by Crippen LogP contribution is 2.01. The molecular weight excluding hydrogens is 151 g/mol. The Balaban J connectivity index is 3.92. The molecule has 0 aromatic heterocycles. The van der Waals surface area contributed by atoms with Crippen LogP contribution in [0.3, 0.4) is 0 Å². The van der Waals surface area contributed by atoms with Gasteiger partial charge in [-0.3, -0.25) is 0 Å². The van der Waals surface area contributed by atoms with Gasteiger partial charge in [-0.05, 0) is 27.2 Å². The van der Waals surface area contributed by atoms with E-state index in [2.05, 4.69) is 42.6 Å². The van der Waals surface area contributed by atoms with Gasteiger partial charge in [0.05, 0.1) is 0 Å². The van der Waals surface area contributed by atoms with Crippen molar-refractivity contribution >= 4 is 14.6 Å². The van der Waals surface area contributed by atoms with E-state index in [-0.39, 0.29) is 0 Å². The largest absolute Gasteiger partial charge is 0.487 e. The summed E-state index contributed by atoms with van der Waals surface area (Å²) in [6.45, 7) is 9.15. The number of hydrogen-bond acceptors (Lipinski definition) is 2. The Kier molecular flexibility index (Phi) is 6.27. The van der Waals surface area contributed by atoms with Crippen LogP contribution >= 0.6 is 0 Å². The molecule has 0 heterocycles. The highest BCUT2D eigenvalue weighted by atomic mass is 27.2. The molecule has 0 atom stereocenters. The van der Waals surface area contributed by atoms with Crippen molar-refractivity contribution in [2.24, 2.45) is 0 Å². The Hall–Kier alpha value is 0.452. The van der Waals surface area contributed by atoms with Crippen molar-refractivity contribution in [3.05, 3.63) is 0 Å². The Labute approximate surface area is 76.0 Å². The second-order valence-corrected chi connectivity index (χ2v) is 6.58. The minimum atomic E-state index is -0.735. The molecule has 0 radical (unpaired) electrons. The molecule has 3 heteroatoms. The summed E-state index contributed by atoms with van der Waals surface area (Å²) >= 11 is -0.735. The minimum absolute atomic E-state index is 0.735. The van der Waals surface area contributed by atoms with Gasteiger partial charge >= 0.3 is 14.6 Å². The molecule has 0 bridgehead atoms. The zero-order valence-corrected chi connectivity index (χ0v) is 9.75. The first kappa shape index (κ1) is 11.5. The molecule has 0 N–H and O–H groups in total. The lowest BCUT2D eigenvalue weighted by Gasteiger charge is -2.28. The Morgan fingerprint density at radius 1 is 0.909 bits per heavy atom. The molecule has 0 saturated carbocycles. The average molecular weight is 172 g/mol. The number of hydrogen-bond donors (Lipinski definition) is 0. The molecule has 0 fully saturated rings. The molecule has 0 amide bonds. The highest BCUT2D eigenvalue weighted by molar-refractivity contribution is 6.52. The Morgan fingerprint density at radius 3 is 1.45 bits per heavy atom. The van der Waals surface area contributed by atoms with E-state index in [1.165, 1.54) is 18.4 Å². The zero-order valence-electron chi connectivity index (χ0n) is 8.59. The molecule has 0 saturated heterocycles. The van der Waals surface area contributed by atoms with Crippen molar-refractivity contribution in [3.63, 3.8) is 0 Å². The van der Waals surface area contributed by atoms with E-state index >= 15 is 0 Å². The molecule has 0 aliphatic carbocycles. The summed E-state index contributed by atoms with van der Waals surface area (Å²) in [4.78, 5) is 0. The van der Waals surface area contributed by atoms with Gasteiger partial charge in [0.25, 0.3) is 0 Å². The normalized spacial score (nSPS) is 11.2. The summed E-state index contributed by atoms with van der Waals surface area (Å²) in [5, 5.41) is 1.34. The van der Waals surface area contributed by atoms with Gasteiger partial charge in [-0.15, -0.1) is 0 Å². The van der Waals surface area contributed by atoms with Crippen LogP contribution in [-0.4, -0.2) is 49.5 Å². The number of rotatable bonds is 5. The second kappa shape index (κ2) is 6.02. The van der Waals surface area contributed by atoms with E-state index in [4.69, 9.17) is 0 Å². The summed E-state index contributed by atoms with van der Waals surface area (Å²) in [5.74, 6) is 0. The maximum atomic E-state index is 2.52. The molecular formula is C8H21AlN2. The fraction of sp³-hybridized carbons (Fsp3) is 1.00. The van der Waals surface area contributed by atoms with Crippen LogP contribution in [0.2, 0.25) is 5.28 Å². The van der Waals surface area contributed by atoms with Crippen molar-refractivity contribution in [1.82, 2.24) is 7.77 Å². The van der Waals surface area contributed by atoms with Gasteiger partial charge in [0.2, 0.25) is 0 Å². The monoisotopic (exact) mass is 172 g/mol. The Bertz CT molecular complexity index is 88.1. The third kappa shape index (κ3) is 3.58. The second-order valence-electron chi connectivity index (χ2n) is 3.04. The predicted octanol–water partition coefficient (Wildman–Crippen LogP) is 1.40. The molecule has 2 nitrogen and oxygen atoms in total. The summed E-state index contributed by atoms with van der Waals surface area (Å²) in [7, 11) is 4.49. The van der Waals surface area contributed by atoms with E-state index in [1.807, 2.05) is 0 Å². The minimum Gasteiger partial charge on any atom is -0.374 e. The van der Waals surface area contributed by atoms with E-state index in [1.54, 1.807) is 0 Å². The first-order valence-corrected chi connectivity index (χ1v) is 6.42. The van der Waals surface area contributed by atoms with Crippen molar-refractivity contribution in [2.45, 2.75) is 26.1 Å². The lowest BCUT2D eigenvalue weighted by molar-refractivity contribution is 0.440. The van der Waals surface area contributed by atoms with Crippen LogP contribution in [0, 0.1) is 0 Å². The van der Waals surface area contributed by atoms with Gasteiger partial charge in [-0.2, -0.15) is 0 Å². The zero-order chi connectivity index (χ0) is 8.85. The van der Waals surface area contributed by atoms with Gasteiger partial charge in [0.15, 0.2) is 0 Å². The highest BCUT2D eigenvalue weighted by Gasteiger charge is 2.25. The summed E-state index contributed by atoms with van der Waals surface area (Å²) in [5.41, 5.74) is 0. The van der Waals surface area contributed by atoms with Crippen LogP contribution in [0.5, 0.6) is 0 Å². The van der Waals surface area contributed by atoms with Crippen LogP contribution in [0.1, 0.15) is 20.8 Å². The topological polar surface area (TPSA) is 6.48 Å². The first-order chi connectivity index (χ1) is 5.17. The molecule has 66 valence electrons. The lowest BCUT2D eigenvalue weighted by atomic mass is 10.8. The molecule has 0 aromatic rings. The van der Waals surface area contributed by atoms with Gasteiger partial charge < -0.3 is 7.77 Å². The van der Waals surface area contributed by atoms with Crippen molar-refractivity contribution in [3.8, 4) is 0 Å². The summed E-state index contributed by atoms with van der Waals surface area (Å²) in [6.07, 6.45) is 0. The average Bonchev–Trinajstić information content (AvgIpc) is 2.05. The van der Waals surface area contributed by atoms with Crippen molar-refractivity contribution in [1.29, 1.82) is 0 Å². The smallest absolute Gasteiger partial charge is 0.374 e. The van der Waals surface area contributed by atoms with Crippen LogP contribution < -0.4 is 0 Å². The fourth-order valence-corrected chi connectivity index (χ4v) is 4.14. The standard InChI is InChI=1S/2C3H8N.C2H5.Al/c2*1-3-4-2;1-2;/h2*3H2,1-2H3;1H2,2H3;/q2*-1;;+2. The van der Waals surface area contributed by atoms with Crippen LogP contribution in [0.25, 0.3) is 0 Å². The summed E-state index contributed by atoms with van der Waals surface area (Å²) in [6, 6.07) is 0. The molecule has 0 unspecified atom stereocenters. The van der Waals surface area contributed by atoms with E-state index in [0.29, 0.717) is 0 Å². The molecule has 0 rings (SSSR count). The lowest BCUT2D eigenvalue weighted by Crippen LogP contribution is -2.48. The van der Waals surface area contributed by atoms with Gasteiger partial charge in [-0.25, -0.2) is 0 Å².